The molecule has 5 heteroatoms. The highest BCUT2D eigenvalue weighted by Gasteiger charge is 2.49. The van der Waals surface area contributed by atoms with E-state index < -0.39 is 0 Å². The van der Waals surface area contributed by atoms with E-state index in [2.05, 4.69) is 0 Å². The summed E-state index contributed by atoms with van der Waals surface area (Å²) in [5.74, 6) is -0.819. The lowest BCUT2D eigenvalue weighted by Gasteiger charge is -2.48. The Morgan fingerprint density at radius 1 is 0.667 bits per heavy atom. The maximum absolute atomic E-state index is 13.1. The van der Waals surface area contributed by atoms with Crippen LogP contribution in [0, 0.1) is 5.92 Å². The summed E-state index contributed by atoms with van der Waals surface area (Å²) in [5.41, 5.74) is 2.78. The number of nitrogens with zero attached hydrogens (tertiary/aromatic N) is 2. The second kappa shape index (κ2) is 7.26. The van der Waals surface area contributed by atoms with Crippen LogP contribution in [0.2, 0.25) is 0 Å². The van der Waals surface area contributed by atoms with Crippen LogP contribution in [0.1, 0.15) is 38.7 Å². The first-order chi connectivity index (χ1) is 14.7. The van der Waals surface area contributed by atoms with Gasteiger partial charge in [-0.1, -0.05) is 60.7 Å². The van der Waals surface area contributed by atoms with Crippen molar-refractivity contribution in [2.75, 3.05) is 11.4 Å². The van der Waals surface area contributed by atoms with Crippen molar-refractivity contribution in [3.8, 4) is 0 Å². The van der Waals surface area contributed by atoms with Crippen LogP contribution in [0.25, 0.3) is 0 Å². The first-order valence-corrected chi connectivity index (χ1v) is 10.0. The van der Waals surface area contributed by atoms with Crippen molar-refractivity contribution >= 4 is 23.4 Å². The van der Waals surface area contributed by atoms with Gasteiger partial charge in [0.2, 0.25) is 5.91 Å². The fourth-order valence-electron chi connectivity index (χ4n) is 4.45. The lowest BCUT2D eigenvalue weighted by atomic mass is 9.79. The summed E-state index contributed by atoms with van der Waals surface area (Å²) in [4.78, 5) is 41.5. The van der Waals surface area contributed by atoms with E-state index in [9.17, 15) is 14.4 Å². The van der Waals surface area contributed by atoms with E-state index in [0.29, 0.717) is 17.5 Å². The van der Waals surface area contributed by atoms with Gasteiger partial charge in [-0.2, -0.15) is 0 Å². The summed E-state index contributed by atoms with van der Waals surface area (Å²) in [6, 6.07) is 26.2. The summed E-state index contributed by atoms with van der Waals surface area (Å²) in [7, 11) is 0. The fourth-order valence-corrected chi connectivity index (χ4v) is 4.45. The Bertz CT molecular complexity index is 1090. The van der Waals surface area contributed by atoms with Crippen LogP contribution < -0.4 is 4.90 Å². The smallest absolute Gasteiger partial charge is 0.261 e. The lowest BCUT2D eigenvalue weighted by molar-refractivity contribution is -0.130. The number of carbonyl (C=O) groups is 3. The van der Waals surface area contributed by atoms with Gasteiger partial charge in [-0.3, -0.25) is 19.3 Å². The van der Waals surface area contributed by atoms with Crippen molar-refractivity contribution in [1.29, 1.82) is 0 Å². The molecule has 0 bridgehead atoms. The number of benzene rings is 3. The molecule has 2 atom stereocenters. The molecule has 0 spiro atoms. The quantitative estimate of drug-likeness (QED) is 0.482. The highest BCUT2D eigenvalue weighted by molar-refractivity contribution is 6.21. The van der Waals surface area contributed by atoms with Gasteiger partial charge in [0, 0.05) is 12.2 Å². The molecular weight excluding hydrogens is 376 g/mol. The predicted molar refractivity (Wildman–Crippen MR) is 113 cm³/mol. The second-order valence-corrected chi connectivity index (χ2v) is 7.60. The fraction of sp³-hybridized carbons (Fsp3) is 0.160. The molecule has 3 aromatic carbocycles. The Morgan fingerprint density at radius 3 is 1.80 bits per heavy atom. The first-order valence-electron chi connectivity index (χ1n) is 10.0. The minimum Gasteiger partial charge on any atom is -0.304 e. The van der Waals surface area contributed by atoms with Crippen LogP contribution in [0.15, 0.2) is 84.9 Å². The van der Waals surface area contributed by atoms with E-state index in [1.54, 1.807) is 24.3 Å². The Balaban J connectivity index is 1.38. The van der Waals surface area contributed by atoms with Gasteiger partial charge in [0.25, 0.3) is 11.8 Å². The molecule has 30 heavy (non-hydrogen) atoms. The minimum absolute atomic E-state index is 0.0201. The molecule has 0 N–H and O–H groups in total. The Hall–Kier alpha value is -3.73. The van der Waals surface area contributed by atoms with E-state index in [-0.39, 0.29) is 36.2 Å². The number of hydrogen-bond donors (Lipinski definition) is 0. The Morgan fingerprint density at radius 2 is 1.20 bits per heavy atom. The molecule has 5 rings (SSSR count). The zero-order valence-corrected chi connectivity index (χ0v) is 16.3. The van der Waals surface area contributed by atoms with Crippen LogP contribution in [0.4, 0.5) is 5.69 Å². The molecule has 2 aliphatic rings. The molecule has 3 amide bonds. The average molecular weight is 396 g/mol. The maximum atomic E-state index is 13.1. The number of hydrogen-bond acceptors (Lipinski definition) is 3. The largest absolute Gasteiger partial charge is 0.304 e. The zero-order chi connectivity index (χ0) is 20.7. The average Bonchev–Trinajstić information content (AvgIpc) is 3.03. The van der Waals surface area contributed by atoms with Crippen molar-refractivity contribution in [2.24, 2.45) is 5.92 Å². The highest BCUT2D eigenvalue weighted by atomic mass is 16.2. The first kappa shape index (κ1) is 18.3. The van der Waals surface area contributed by atoms with Crippen molar-refractivity contribution in [2.45, 2.75) is 12.5 Å². The normalized spacial score (nSPS) is 20.3. The zero-order valence-electron chi connectivity index (χ0n) is 16.3. The van der Waals surface area contributed by atoms with E-state index in [1.807, 2.05) is 65.6 Å². The molecule has 1 saturated heterocycles. The Kier molecular flexibility index (Phi) is 4.43. The summed E-state index contributed by atoms with van der Waals surface area (Å²) in [5, 5.41) is 0. The van der Waals surface area contributed by atoms with Gasteiger partial charge in [-0.25, -0.2) is 0 Å². The molecule has 0 unspecified atom stereocenters. The number of rotatable bonds is 5. The number of carbonyl (C=O) groups excluding carboxylic acids is 3. The molecule has 0 aliphatic carbocycles. The summed E-state index contributed by atoms with van der Waals surface area (Å²) in [6.07, 6.45) is 0.438. The molecule has 0 radical (unpaired) electrons. The van der Waals surface area contributed by atoms with Crippen molar-refractivity contribution in [3.63, 3.8) is 0 Å². The standard InChI is InChI=1S/C25H20N2O3/c28-23-19-13-7-8-14-20(19)24(29)26(23)16-15-21-22(17-9-3-1-4-10-17)27(25(21)30)18-11-5-2-6-12-18/h1-14,21-22H,15-16H2/t21-,22-/m1/s1. The van der Waals surface area contributed by atoms with E-state index in [4.69, 9.17) is 0 Å². The number of amides is 3. The number of para-hydroxylation sites is 1. The van der Waals surface area contributed by atoms with E-state index in [0.717, 1.165) is 11.3 Å². The van der Waals surface area contributed by atoms with Crippen LogP contribution in [0.5, 0.6) is 0 Å². The molecule has 5 nitrogen and oxygen atoms in total. The molecule has 0 aromatic heterocycles. The highest BCUT2D eigenvalue weighted by Crippen LogP contribution is 2.45. The van der Waals surface area contributed by atoms with Gasteiger partial charge in [0.1, 0.15) is 0 Å². The SMILES string of the molecule is O=C1c2ccccc2C(=O)N1CC[C@H]1C(=O)N(c2ccccc2)[C@@H]1c1ccccc1. The van der Waals surface area contributed by atoms with Gasteiger partial charge in [-0.15, -0.1) is 0 Å². The van der Waals surface area contributed by atoms with Gasteiger partial charge in [0.15, 0.2) is 0 Å². The van der Waals surface area contributed by atoms with E-state index in [1.165, 1.54) is 4.90 Å². The molecule has 2 aliphatic heterocycles. The van der Waals surface area contributed by atoms with Crippen LogP contribution in [-0.2, 0) is 4.79 Å². The number of imide groups is 1. The van der Waals surface area contributed by atoms with Crippen molar-refractivity contribution in [1.82, 2.24) is 4.90 Å². The summed E-state index contributed by atoms with van der Waals surface area (Å²) < 4.78 is 0. The third-order valence-corrected chi connectivity index (χ3v) is 5.93. The minimum atomic E-state index is -0.281. The lowest BCUT2D eigenvalue weighted by Crippen LogP contribution is -2.56. The van der Waals surface area contributed by atoms with Gasteiger partial charge < -0.3 is 4.90 Å². The number of β-lactam (4-membered cyclic amide) rings is 1. The monoisotopic (exact) mass is 396 g/mol. The summed E-state index contributed by atoms with van der Waals surface area (Å²) in [6.45, 7) is 0.231. The topological polar surface area (TPSA) is 57.7 Å². The van der Waals surface area contributed by atoms with Crippen LogP contribution in [-0.4, -0.2) is 29.2 Å². The summed E-state index contributed by atoms with van der Waals surface area (Å²) >= 11 is 0. The van der Waals surface area contributed by atoms with E-state index >= 15 is 0 Å². The molecule has 1 fully saturated rings. The third kappa shape index (κ3) is 2.82. The predicted octanol–water partition coefficient (Wildman–Crippen LogP) is 4.08. The molecule has 3 aromatic rings. The molecule has 148 valence electrons. The van der Waals surface area contributed by atoms with Crippen LogP contribution >= 0.6 is 0 Å². The van der Waals surface area contributed by atoms with Gasteiger partial charge in [-0.05, 0) is 36.2 Å². The Labute approximate surface area is 174 Å². The number of fused-ring (bicyclic) bond motifs is 1. The van der Waals surface area contributed by atoms with Crippen molar-refractivity contribution < 1.29 is 14.4 Å². The second-order valence-electron chi connectivity index (χ2n) is 7.60. The third-order valence-electron chi connectivity index (χ3n) is 5.93. The van der Waals surface area contributed by atoms with Crippen molar-refractivity contribution in [3.05, 3.63) is 102 Å². The van der Waals surface area contributed by atoms with Crippen LogP contribution in [0.3, 0.4) is 0 Å². The number of anilines is 1. The molecular formula is C25H20N2O3. The molecule has 2 heterocycles. The van der Waals surface area contributed by atoms with Gasteiger partial charge >= 0.3 is 0 Å². The molecule has 0 saturated carbocycles. The van der Waals surface area contributed by atoms with Gasteiger partial charge in [0.05, 0.1) is 23.1 Å². The maximum Gasteiger partial charge on any atom is 0.261 e.